The molecule has 0 bridgehead atoms. The maximum Gasteiger partial charge on any atom is 0.393 e. The predicted molar refractivity (Wildman–Crippen MR) is 125 cm³/mol. The van der Waals surface area contributed by atoms with Crippen LogP contribution in [0.15, 0.2) is 40.2 Å². The summed E-state index contributed by atoms with van der Waals surface area (Å²) in [6, 6.07) is 4.57. The number of alkyl halides is 3. The summed E-state index contributed by atoms with van der Waals surface area (Å²) in [4.78, 5) is 32.5. The summed E-state index contributed by atoms with van der Waals surface area (Å²) in [5.41, 5.74) is -1.82. The van der Waals surface area contributed by atoms with Gasteiger partial charge in [0.2, 0.25) is 0 Å². The fourth-order valence-electron chi connectivity index (χ4n) is 4.66. The molecule has 7 nitrogen and oxygen atoms in total. The molecule has 0 amide bonds. The lowest BCUT2D eigenvalue weighted by Gasteiger charge is -2.37. The number of benzene rings is 1. The first kappa shape index (κ1) is 27.0. The highest BCUT2D eigenvalue weighted by Gasteiger charge is 2.43. The highest BCUT2D eigenvalue weighted by Crippen LogP contribution is 2.35. The van der Waals surface area contributed by atoms with E-state index in [0.717, 1.165) is 4.57 Å². The molecule has 1 aliphatic rings. The van der Waals surface area contributed by atoms with E-state index in [1.165, 1.54) is 23.4 Å². The van der Waals surface area contributed by atoms with E-state index >= 15 is 0 Å². The zero-order chi connectivity index (χ0) is 27.8. The van der Waals surface area contributed by atoms with E-state index in [0.29, 0.717) is 22.3 Å². The molecule has 1 unspecified atom stereocenters. The summed E-state index contributed by atoms with van der Waals surface area (Å²) in [6.45, 7) is 0.467. The van der Waals surface area contributed by atoms with Gasteiger partial charge in [-0.1, -0.05) is 0 Å². The molecule has 13 heteroatoms. The van der Waals surface area contributed by atoms with Crippen LogP contribution in [0.2, 0.25) is 0 Å². The smallest absolute Gasteiger partial charge is 0.357 e. The van der Waals surface area contributed by atoms with Gasteiger partial charge in [-0.3, -0.25) is 14.3 Å². The minimum atomic E-state index is -4.55. The van der Waals surface area contributed by atoms with Gasteiger partial charge in [0.1, 0.15) is 12.4 Å². The molecule has 4 rings (SSSR count). The number of nitrogens with zero attached hydrogens (tertiary/aromatic N) is 5. The van der Waals surface area contributed by atoms with Gasteiger partial charge >= 0.3 is 11.9 Å². The number of aryl methyl sites for hydroxylation is 1. The van der Waals surface area contributed by atoms with Crippen LogP contribution in [-0.2, 0) is 13.0 Å². The second-order valence-corrected chi connectivity index (χ2v) is 9.07. The molecule has 200 valence electrons. The van der Waals surface area contributed by atoms with Crippen LogP contribution in [0.25, 0.3) is 5.69 Å². The highest BCUT2D eigenvalue weighted by atomic mass is 19.4. The Hall–Kier alpha value is -4.08. The van der Waals surface area contributed by atoms with Crippen LogP contribution in [0.4, 0.5) is 32.2 Å². The van der Waals surface area contributed by atoms with Crippen molar-refractivity contribution >= 4 is 5.82 Å². The van der Waals surface area contributed by atoms with E-state index in [4.69, 9.17) is 0 Å². The number of piperidine rings is 1. The summed E-state index contributed by atoms with van der Waals surface area (Å²) < 4.78 is 83.9. The molecule has 0 N–H and O–H groups in total. The largest absolute Gasteiger partial charge is 0.393 e. The van der Waals surface area contributed by atoms with E-state index in [-0.39, 0.29) is 42.0 Å². The summed E-state index contributed by atoms with van der Waals surface area (Å²) in [7, 11) is 0. The van der Waals surface area contributed by atoms with Crippen molar-refractivity contribution in [3.05, 3.63) is 85.6 Å². The van der Waals surface area contributed by atoms with Gasteiger partial charge in [0.05, 0.1) is 29.4 Å². The predicted octanol–water partition coefficient (Wildman–Crippen LogP) is 4.01. The first-order valence-corrected chi connectivity index (χ1v) is 11.5. The minimum Gasteiger partial charge on any atom is -0.357 e. The molecule has 1 aromatic carbocycles. The molecule has 0 aliphatic carbocycles. The Morgan fingerprint density at radius 3 is 2.39 bits per heavy atom. The van der Waals surface area contributed by atoms with Gasteiger partial charge in [0.25, 0.3) is 5.56 Å². The third-order valence-electron chi connectivity index (χ3n) is 6.36. The number of nitriles is 1. The van der Waals surface area contributed by atoms with Crippen LogP contribution in [-0.4, -0.2) is 33.4 Å². The van der Waals surface area contributed by atoms with Crippen molar-refractivity contribution in [1.29, 1.82) is 5.26 Å². The molecule has 1 aliphatic heterocycles. The first-order chi connectivity index (χ1) is 17.9. The topological polar surface area (TPSA) is 83.9 Å². The van der Waals surface area contributed by atoms with Crippen molar-refractivity contribution < 1.29 is 26.3 Å². The molecule has 1 saturated heterocycles. The molecule has 3 aromatic rings. The van der Waals surface area contributed by atoms with E-state index in [1.807, 2.05) is 0 Å². The fraction of sp³-hybridized carbons (Fsp3) is 0.360. The summed E-state index contributed by atoms with van der Waals surface area (Å²) in [5, 5.41) is 9.46. The van der Waals surface area contributed by atoms with Gasteiger partial charge in [-0.2, -0.15) is 18.4 Å². The Labute approximate surface area is 212 Å². The summed E-state index contributed by atoms with van der Waals surface area (Å²) in [5.74, 6) is -6.79. The number of hydrogen-bond donors (Lipinski definition) is 0. The summed E-state index contributed by atoms with van der Waals surface area (Å²) in [6.07, 6.45) is -2.52. The Morgan fingerprint density at radius 2 is 1.79 bits per heavy atom. The minimum absolute atomic E-state index is 0.0303. The average Bonchev–Trinajstić information content (AvgIpc) is 2.85. The molecule has 3 heterocycles. The maximum absolute atomic E-state index is 14.0. The molecule has 1 fully saturated rings. The first-order valence-electron chi connectivity index (χ1n) is 11.5. The number of aromatic nitrogens is 3. The van der Waals surface area contributed by atoms with Crippen molar-refractivity contribution in [1.82, 2.24) is 14.1 Å². The van der Waals surface area contributed by atoms with Crippen LogP contribution in [0.5, 0.6) is 0 Å². The van der Waals surface area contributed by atoms with Crippen LogP contribution in [0.3, 0.4) is 0 Å². The normalized spacial score (nSPS) is 15.9. The third kappa shape index (κ3) is 5.16. The summed E-state index contributed by atoms with van der Waals surface area (Å²) >= 11 is 0. The van der Waals surface area contributed by atoms with Gasteiger partial charge in [-0.25, -0.2) is 22.5 Å². The zero-order valence-electron chi connectivity index (χ0n) is 20.0. The number of hydrogen-bond acceptors (Lipinski definition) is 5. The van der Waals surface area contributed by atoms with E-state index in [2.05, 4.69) is 4.98 Å². The molecule has 38 heavy (non-hydrogen) atoms. The van der Waals surface area contributed by atoms with Crippen LogP contribution < -0.4 is 16.1 Å². The molecular weight excluding hydrogens is 516 g/mol. The van der Waals surface area contributed by atoms with Gasteiger partial charge in [-0.15, -0.1) is 0 Å². The number of rotatable bonds is 5. The third-order valence-corrected chi connectivity index (χ3v) is 6.36. The molecule has 2 aromatic heterocycles. The van der Waals surface area contributed by atoms with Crippen molar-refractivity contribution in [2.24, 2.45) is 5.92 Å². The SMILES string of the molecule is Cc1cncc(-n2c(=O)c(Cc3cc(F)c(F)c(F)c3)c(N3CCCC(C(F)(F)F)C3)n(CC#N)c2=O)c1. The molecule has 0 saturated carbocycles. The molecular formula is C25H21F6N5O2. The van der Waals surface area contributed by atoms with E-state index in [9.17, 15) is 41.2 Å². The lowest BCUT2D eigenvalue weighted by Crippen LogP contribution is -2.48. The quantitative estimate of drug-likeness (QED) is 0.363. The van der Waals surface area contributed by atoms with Gasteiger partial charge < -0.3 is 4.90 Å². The van der Waals surface area contributed by atoms with E-state index in [1.54, 1.807) is 13.0 Å². The van der Waals surface area contributed by atoms with Crippen molar-refractivity contribution in [2.45, 2.75) is 38.9 Å². The number of pyridine rings is 1. The average molecular weight is 537 g/mol. The van der Waals surface area contributed by atoms with Crippen LogP contribution >= 0.6 is 0 Å². The second-order valence-electron chi connectivity index (χ2n) is 9.07. The second kappa shape index (κ2) is 10.4. The Kier molecular flexibility index (Phi) is 7.35. The van der Waals surface area contributed by atoms with Crippen molar-refractivity contribution in [3.8, 4) is 11.8 Å². The molecule has 1 atom stereocenters. The van der Waals surface area contributed by atoms with Gasteiger partial charge in [0, 0.05) is 25.7 Å². The Balaban J connectivity index is 2.02. The number of halogens is 6. The Bertz CT molecular complexity index is 1520. The monoisotopic (exact) mass is 537 g/mol. The highest BCUT2D eigenvalue weighted by molar-refractivity contribution is 5.51. The standard InChI is InChI=1S/C25H21F6N5O2/c1-14-7-17(12-33-11-14)36-23(37)18(8-15-9-19(26)21(28)20(27)10-15)22(35(6-4-32)24(36)38)34-5-2-3-16(13-34)25(29,30)31/h7,9-12,16H,2-3,5-6,8,13H2,1H3. The van der Waals surface area contributed by atoms with Crippen LogP contribution in [0.1, 0.15) is 29.5 Å². The van der Waals surface area contributed by atoms with Crippen molar-refractivity contribution in [2.75, 3.05) is 18.0 Å². The maximum atomic E-state index is 14.0. The lowest BCUT2D eigenvalue weighted by molar-refractivity contribution is -0.176. The van der Waals surface area contributed by atoms with Crippen LogP contribution in [0, 0.1) is 41.6 Å². The van der Waals surface area contributed by atoms with Crippen molar-refractivity contribution in [3.63, 3.8) is 0 Å². The number of anilines is 1. The molecule has 0 radical (unpaired) electrons. The van der Waals surface area contributed by atoms with Gasteiger partial charge in [0.15, 0.2) is 17.5 Å². The van der Waals surface area contributed by atoms with E-state index < -0.39 is 60.3 Å². The van der Waals surface area contributed by atoms with Gasteiger partial charge in [-0.05, 0) is 49.1 Å². The lowest BCUT2D eigenvalue weighted by atomic mass is 9.96. The zero-order valence-corrected chi connectivity index (χ0v) is 20.0. The Morgan fingerprint density at radius 1 is 1.11 bits per heavy atom. The fourth-order valence-corrected chi connectivity index (χ4v) is 4.66. The molecule has 0 spiro atoms.